The van der Waals surface area contributed by atoms with E-state index in [0.717, 1.165) is 0 Å². The van der Waals surface area contributed by atoms with E-state index in [1.54, 1.807) is 0 Å². The van der Waals surface area contributed by atoms with E-state index in [9.17, 15) is 0 Å². The Kier molecular flexibility index (Phi) is 5.11. The zero-order chi connectivity index (χ0) is 15.6. The second kappa shape index (κ2) is 6.50. The van der Waals surface area contributed by atoms with Crippen LogP contribution in [-0.4, -0.2) is 30.6 Å². The zero-order valence-corrected chi connectivity index (χ0v) is 14.6. The fourth-order valence-corrected chi connectivity index (χ4v) is 3.48. The van der Waals surface area contributed by atoms with Crippen molar-refractivity contribution < 1.29 is 0 Å². The lowest BCUT2D eigenvalue weighted by Crippen LogP contribution is -2.53. The van der Waals surface area contributed by atoms with E-state index >= 15 is 0 Å². The van der Waals surface area contributed by atoms with Gasteiger partial charge in [0.1, 0.15) is 0 Å². The molecule has 0 amide bonds. The molecule has 0 spiro atoms. The Hall–Kier alpha value is -0.860. The fourth-order valence-electron chi connectivity index (χ4n) is 3.48. The fraction of sp³-hybridized carbons (Fsp3) is 0.684. The summed E-state index contributed by atoms with van der Waals surface area (Å²) in [7, 11) is 2.25. The van der Waals surface area contributed by atoms with E-state index in [-0.39, 0.29) is 5.41 Å². The highest BCUT2D eigenvalue weighted by atomic mass is 15.2. The molecule has 0 bridgehead atoms. The molecular weight excluding hydrogens is 256 g/mol. The monoisotopic (exact) mass is 288 g/mol. The third kappa shape index (κ3) is 4.08. The molecule has 0 aliphatic carbocycles. The predicted molar refractivity (Wildman–Crippen MR) is 91.4 cm³/mol. The van der Waals surface area contributed by atoms with Gasteiger partial charge in [0.15, 0.2) is 0 Å². The Balaban J connectivity index is 2.16. The van der Waals surface area contributed by atoms with Crippen molar-refractivity contribution in [1.29, 1.82) is 0 Å². The van der Waals surface area contributed by atoms with Crippen LogP contribution in [0.15, 0.2) is 30.3 Å². The van der Waals surface area contributed by atoms with Crippen LogP contribution in [0.3, 0.4) is 0 Å². The molecule has 1 aromatic carbocycles. The molecule has 2 heteroatoms. The molecule has 0 saturated carbocycles. The molecule has 1 fully saturated rings. The zero-order valence-electron chi connectivity index (χ0n) is 14.6. The predicted octanol–water partition coefficient (Wildman–Crippen LogP) is 4.09. The molecular formula is C19H32N2. The molecule has 0 aromatic heterocycles. The number of hydrogen-bond acceptors (Lipinski definition) is 2. The average Bonchev–Trinajstić information content (AvgIpc) is 2.41. The highest BCUT2D eigenvalue weighted by Gasteiger charge is 2.34. The van der Waals surface area contributed by atoms with Crippen molar-refractivity contribution in [2.24, 2.45) is 11.3 Å². The molecule has 1 aliphatic heterocycles. The summed E-state index contributed by atoms with van der Waals surface area (Å²) < 4.78 is 0. The van der Waals surface area contributed by atoms with Crippen LogP contribution in [0.25, 0.3) is 0 Å². The first-order valence-corrected chi connectivity index (χ1v) is 8.30. The van der Waals surface area contributed by atoms with Crippen LogP contribution in [0.1, 0.15) is 52.6 Å². The standard InChI is InChI=1S/C19H32N2/c1-14-13-21(6)15(2)12-17(14)20-18(19(3,4)5)16-10-8-7-9-11-16/h7-11,14-15,17-18,20H,12-13H2,1-6H3. The molecule has 0 radical (unpaired) electrons. The van der Waals surface area contributed by atoms with Crippen molar-refractivity contribution in [1.82, 2.24) is 10.2 Å². The molecule has 1 aliphatic rings. The van der Waals surface area contributed by atoms with Gasteiger partial charge in [-0.3, -0.25) is 0 Å². The summed E-state index contributed by atoms with van der Waals surface area (Å²) in [5.74, 6) is 0.694. The van der Waals surface area contributed by atoms with Crippen LogP contribution in [-0.2, 0) is 0 Å². The molecule has 4 atom stereocenters. The summed E-state index contributed by atoms with van der Waals surface area (Å²) in [6.07, 6.45) is 1.23. The Morgan fingerprint density at radius 2 is 1.76 bits per heavy atom. The molecule has 4 unspecified atom stereocenters. The smallest absolute Gasteiger partial charge is 0.0371 e. The van der Waals surface area contributed by atoms with Gasteiger partial charge in [-0.15, -0.1) is 0 Å². The second-order valence-corrected chi connectivity index (χ2v) is 7.98. The van der Waals surface area contributed by atoms with Crippen LogP contribution in [0.5, 0.6) is 0 Å². The van der Waals surface area contributed by atoms with E-state index in [2.05, 4.69) is 82.2 Å². The topological polar surface area (TPSA) is 15.3 Å². The number of piperidine rings is 1. The number of likely N-dealkylation sites (tertiary alicyclic amines) is 1. The van der Waals surface area contributed by atoms with Crippen LogP contribution >= 0.6 is 0 Å². The highest BCUT2D eigenvalue weighted by molar-refractivity contribution is 5.21. The first-order chi connectivity index (χ1) is 9.79. The van der Waals surface area contributed by atoms with Crippen molar-refractivity contribution in [2.75, 3.05) is 13.6 Å². The van der Waals surface area contributed by atoms with Crippen LogP contribution in [0.4, 0.5) is 0 Å². The minimum atomic E-state index is 0.216. The SMILES string of the molecule is CC1CN(C)C(C)CC1NC(c1ccccc1)C(C)(C)C. The van der Waals surface area contributed by atoms with Gasteiger partial charge in [0.25, 0.3) is 0 Å². The maximum atomic E-state index is 3.99. The van der Waals surface area contributed by atoms with Gasteiger partial charge in [-0.25, -0.2) is 0 Å². The first kappa shape index (κ1) is 16.5. The lowest BCUT2D eigenvalue weighted by Gasteiger charge is -2.44. The van der Waals surface area contributed by atoms with Crippen LogP contribution < -0.4 is 5.32 Å². The quantitative estimate of drug-likeness (QED) is 0.901. The maximum absolute atomic E-state index is 3.99. The van der Waals surface area contributed by atoms with E-state index in [4.69, 9.17) is 0 Å². The third-order valence-corrected chi connectivity index (χ3v) is 4.99. The summed E-state index contributed by atoms with van der Waals surface area (Å²) in [6, 6.07) is 12.6. The summed E-state index contributed by atoms with van der Waals surface area (Å²) in [5.41, 5.74) is 1.62. The summed E-state index contributed by atoms with van der Waals surface area (Å²) in [6.45, 7) is 12.9. The third-order valence-electron chi connectivity index (χ3n) is 4.99. The van der Waals surface area contributed by atoms with Crippen molar-refractivity contribution in [2.45, 2.75) is 59.2 Å². The summed E-state index contributed by atoms with van der Waals surface area (Å²) in [5, 5.41) is 3.99. The Bertz CT molecular complexity index is 435. The van der Waals surface area contributed by atoms with Crippen LogP contribution in [0, 0.1) is 11.3 Å². The largest absolute Gasteiger partial charge is 0.306 e. The molecule has 118 valence electrons. The number of hydrogen-bond donors (Lipinski definition) is 1. The van der Waals surface area contributed by atoms with E-state index in [0.29, 0.717) is 24.0 Å². The summed E-state index contributed by atoms with van der Waals surface area (Å²) >= 11 is 0. The van der Waals surface area contributed by atoms with Crippen LogP contribution in [0.2, 0.25) is 0 Å². The van der Waals surface area contributed by atoms with Gasteiger partial charge in [0.05, 0.1) is 0 Å². The second-order valence-electron chi connectivity index (χ2n) is 7.98. The number of nitrogens with one attached hydrogen (secondary N) is 1. The van der Waals surface area contributed by atoms with Crippen molar-refractivity contribution in [3.8, 4) is 0 Å². The van der Waals surface area contributed by atoms with Crippen molar-refractivity contribution >= 4 is 0 Å². The lowest BCUT2D eigenvalue weighted by atomic mass is 9.80. The number of nitrogens with zero attached hydrogens (tertiary/aromatic N) is 1. The molecule has 2 nitrogen and oxygen atoms in total. The van der Waals surface area contributed by atoms with Crippen molar-refractivity contribution in [3.05, 3.63) is 35.9 Å². The molecule has 1 saturated heterocycles. The normalized spacial score (nSPS) is 29.3. The van der Waals surface area contributed by atoms with Gasteiger partial charge in [-0.2, -0.15) is 0 Å². The van der Waals surface area contributed by atoms with Crippen molar-refractivity contribution in [3.63, 3.8) is 0 Å². The first-order valence-electron chi connectivity index (χ1n) is 8.30. The minimum Gasteiger partial charge on any atom is -0.306 e. The van der Waals surface area contributed by atoms with Gasteiger partial charge in [0.2, 0.25) is 0 Å². The van der Waals surface area contributed by atoms with E-state index in [1.165, 1.54) is 18.5 Å². The van der Waals surface area contributed by atoms with Gasteiger partial charge in [-0.1, -0.05) is 58.0 Å². The molecule has 1 N–H and O–H groups in total. The van der Waals surface area contributed by atoms with Gasteiger partial charge in [-0.05, 0) is 37.3 Å². The minimum absolute atomic E-state index is 0.216. The Labute approximate surface area is 130 Å². The number of rotatable bonds is 3. The number of benzene rings is 1. The molecule has 1 heterocycles. The Morgan fingerprint density at radius 3 is 2.33 bits per heavy atom. The molecule has 21 heavy (non-hydrogen) atoms. The molecule has 1 aromatic rings. The average molecular weight is 288 g/mol. The maximum Gasteiger partial charge on any atom is 0.0371 e. The van der Waals surface area contributed by atoms with Gasteiger partial charge in [0, 0.05) is 24.7 Å². The van der Waals surface area contributed by atoms with E-state index in [1.807, 2.05) is 0 Å². The lowest BCUT2D eigenvalue weighted by molar-refractivity contribution is 0.101. The van der Waals surface area contributed by atoms with Gasteiger partial charge >= 0.3 is 0 Å². The molecule has 2 rings (SSSR count). The van der Waals surface area contributed by atoms with E-state index < -0.39 is 0 Å². The highest BCUT2D eigenvalue weighted by Crippen LogP contribution is 2.35. The van der Waals surface area contributed by atoms with Gasteiger partial charge < -0.3 is 10.2 Å². The Morgan fingerprint density at radius 1 is 1.14 bits per heavy atom. The summed E-state index contributed by atoms with van der Waals surface area (Å²) in [4.78, 5) is 2.48.